The predicted octanol–water partition coefficient (Wildman–Crippen LogP) is 3.69. The molecule has 0 radical (unpaired) electrons. The smallest absolute Gasteiger partial charge is 0.173 e. The van der Waals surface area contributed by atoms with Crippen LogP contribution in [0.1, 0.15) is 19.4 Å². The van der Waals surface area contributed by atoms with Gasteiger partial charge >= 0.3 is 0 Å². The molecule has 0 unspecified atom stereocenters. The molecule has 0 atom stereocenters. The van der Waals surface area contributed by atoms with Gasteiger partial charge in [-0.2, -0.15) is 0 Å². The van der Waals surface area contributed by atoms with Crippen LogP contribution in [-0.4, -0.2) is 23.1 Å². The van der Waals surface area contributed by atoms with E-state index >= 15 is 0 Å². The number of hydrogen-bond donors (Lipinski definition) is 1. The molecule has 0 heterocycles. The predicted molar refractivity (Wildman–Crippen MR) is 75.3 cm³/mol. The van der Waals surface area contributed by atoms with Crippen molar-refractivity contribution in [1.29, 1.82) is 0 Å². The highest BCUT2D eigenvalue weighted by molar-refractivity contribution is 7.80. The Morgan fingerprint density at radius 3 is 2.62 bits per heavy atom. The molecule has 0 saturated carbocycles. The molecule has 0 saturated heterocycles. The SMILES string of the molecule is Cc1c(Cl)cccc1NC(=S)N(C)C(C)C. The fourth-order valence-electron chi connectivity index (χ4n) is 1.18. The summed E-state index contributed by atoms with van der Waals surface area (Å²) in [6.07, 6.45) is 0. The summed E-state index contributed by atoms with van der Waals surface area (Å²) >= 11 is 11.4. The molecular formula is C12H17ClN2S. The average Bonchev–Trinajstić information content (AvgIpc) is 2.23. The lowest BCUT2D eigenvalue weighted by molar-refractivity contribution is 0.423. The summed E-state index contributed by atoms with van der Waals surface area (Å²) in [6.45, 7) is 6.17. The zero-order valence-electron chi connectivity index (χ0n) is 10.0. The molecule has 0 aliphatic carbocycles. The Hall–Kier alpha value is -0.800. The molecule has 1 aromatic rings. The molecule has 0 aliphatic rings. The highest BCUT2D eigenvalue weighted by atomic mass is 35.5. The van der Waals surface area contributed by atoms with Gasteiger partial charge in [0.05, 0.1) is 0 Å². The van der Waals surface area contributed by atoms with Crippen LogP contribution in [0, 0.1) is 6.92 Å². The second-order valence-corrected chi connectivity index (χ2v) is 4.84. The van der Waals surface area contributed by atoms with Crippen molar-refractivity contribution >= 4 is 34.6 Å². The van der Waals surface area contributed by atoms with Crippen molar-refractivity contribution in [2.24, 2.45) is 0 Å². The first-order valence-electron chi connectivity index (χ1n) is 5.22. The first-order valence-corrected chi connectivity index (χ1v) is 6.01. The van der Waals surface area contributed by atoms with Gasteiger partial charge < -0.3 is 10.2 Å². The second-order valence-electron chi connectivity index (χ2n) is 4.05. The van der Waals surface area contributed by atoms with Crippen molar-refractivity contribution in [3.63, 3.8) is 0 Å². The first kappa shape index (κ1) is 13.3. The summed E-state index contributed by atoms with van der Waals surface area (Å²) in [6, 6.07) is 6.13. The minimum atomic E-state index is 0.375. The van der Waals surface area contributed by atoms with Crippen LogP contribution in [0.2, 0.25) is 5.02 Å². The fraction of sp³-hybridized carbons (Fsp3) is 0.417. The normalized spacial score (nSPS) is 10.4. The van der Waals surface area contributed by atoms with Crippen LogP contribution in [0.25, 0.3) is 0 Å². The number of hydrogen-bond acceptors (Lipinski definition) is 1. The van der Waals surface area contributed by atoms with Gasteiger partial charge in [-0.1, -0.05) is 17.7 Å². The number of thiocarbonyl (C=S) groups is 1. The molecule has 88 valence electrons. The van der Waals surface area contributed by atoms with Gasteiger partial charge in [0.25, 0.3) is 0 Å². The summed E-state index contributed by atoms with van der Waals surface area (Å²) in [5.74, 6) is 0. The molecule has 0 bridgehead atoms. The summed E-state index contributed by atoms with van der Waals surface area (Å²) in [4.78, 5) is 2.01. The van der Waals surface area contributed by atoms with Gasteiger partial charge in [-0.05, 0) is 50.7 Å². The average molecular weight is 257 g/mol. The van der Waals surface area contributed by atoms with E-state index in [1.807, 2.05) is 37.1 Å². The van der Waals surface area contributed by atoms with Crippen LogP contribution in [0.3, 0.4) is 0 Å². The Bertz CT molecular complexity index is 391. The molecule has 0 aliphatic heterocycles. The Balaban J connectivity index is 2.81. The quantitative estimate of drug-likeness (QED) is 0.813. The Morgan fingerprint density at radius 1 is 1.44 bits per heavy atom. The molecule has 0 amide bonds. The van der Waals surface area contributed by atoms with Gasteiger partial charge in [-0.3, -0.25) is 0 Å². The molecule has 0 aromatic heterocycles. The molecule has 1 rings (SSSR count). The minimum absolute atomic E-state index is 0.375. The van der Waals surface area contributed by atoms with Gasteiger partial charge in [0.2, 0.25) is 0 Å². The van der Waals surface area contributed by atoms with Crippen molar-refractivity contribution in [2.75, 3.05) is 12.4 Å². The van der Waals surface area contributed by atoms with E-state index in [9.17, 15) is 0 Å². The van der Waals surface area contributed by atoms with Gasteiger partial charge in [0.1, 0.15) is 0 Å². The van der Waals surface area contributed by atoms with E-state index in [0.717, 1.165) is 16.3 Å². The van der Waals surface area contributed by atoms with Gasteiger partial charge in [0.15, 0.2) is 5.11 Å². The van der Waals surface area contributed by atoms with E-state index in [4.69, 9.17) is 23.8 Å². The fourth-order valence-corrected chi connectivity index (χ4v) is 1.68. The summed E-state index contributed by atoms with van der Waals surface area (Å²) in [7, 11) is 1.97. The third kappa shape index (κ3) is 3.09. The zero-order valence-corrected chi connectivity index (χ0v) is 11.6. The zero-order chi connectivity index (χ0) is 12.3. The third-order valence-electron chi connectivity index (χ3n) is 2.60. The number of nitrogens with zero attached hydrogens (tertiary/aromatic N) is 1. The van der Waals surface area contributed by atoms with E-state index < -0.39 is 0 Å². The van der Waals surface area contributed by atoms with Gasteiger partial charge in [-0.15, -0.1) is 0 Å². The largest absolute Gasteiger partial charge is 0.350 e. The summed E-state index contributed by atoms with van der Waals surface area (Å²) in [5.41, 5.74) is 1.98. The minimum Gasteiger partial charge on any atom is -0.350 e. The van der Waals surface area contributed by atoms with Gasteiger partial charge in [0, 0.05) is 23.8 Å². The topological polar surface area (TPSA) is 15.3 Å². The van der Waals surface area contributed by atoms with E-state index in [2.05, 4.69) is 19.2 Å². The summed E-state index contributed by atoms with van der Waals surface area (Å²) in [5, 5.41) is 4.66. The van der Waals surface area contributed by atoms with Gasteiger partial charge in [-0.25, -0.2) is 0 Å². The number of benzene rings is 1. The summed E-state index contributed by atoms with van der Waals surface area (Å²) < 4.78 is 0. The van der Waals surface area contributed by atoms with Crippen LogP contribution in [0.5, 0.6) is 0 Å². The maximum atomic E-state index is 6.04. The van der Waals surface area contributed by atoms with E-state index in [1.54, 1.807) is 0 Å². The Kier molecular flexibility index (Phi) is 4.56. The van der Waals surface area contributed by atoms with Crippen molar-refractivity contribution in [2.45, 2.75) is 26.8 Å². The lowest BCUT2D eigenvalue weighted by atomic mass is 10.2. The highest BCUT2D eigenvalue weighted by Crippen LogP contribution is 2.23. The van der Waals surface area contributed by atoms with Crippen molar-refractivity contribution < 1.29 is 0 Å². The number of anilines is 1. The number of nitrogens with one attached hydrogen (secondary N) is 1. The molecule has 0 spiro atoms. The first-order chi connectivity index (χ1) is 7.43. The van der Waals surface area contributed by atoms with Crippen LogP contribution in [0.4, 0.5) is 5.69 Å². The molecule has 2 nitrogen and oxygen atoms in total. The maximum Gasteiger partial charge on any atom is 0.173 e. The van der Waals surface area contributed by atoms with Crippen LogP contribution in [0.15, 0.2) is 18.2 Å². The number of rotatable bonds is 2. The molecule has 16 heavy (non-hydrogen) atoms. The van der Waals surface area contributed by atoms with Crippen LogP contribution in [-0.2, 0) is 0 Å². The van der Waals surface area contributed by atoms with Crippen LogP contribution >= 0.6 is 23.8 Å². The Morgan fingerprint density at radius 2 is 2.06 bits per heavy atom. The van der Waals surface area contributed by atoms with Crippen molar-refractivity contribution in [3.8, 4) is 0 Å². The van der Waals surface area contributed by atoms with Crippen LogP contribution < -0.4 is 5.32 Å². The lowest BCUT2D eigenvalue weighted by Gasteiger charge is -2.25. The highest BCUT2D eigenvalue weighted by Gasteiger charge is 2.09. The monoisotopic (exact) mass is 256 g/mol. The molecule has 4 heteroatoms. The third-order valence-corrected chi connectivity index (χ3v) is 3.40. The maximum absolute atomic E-state index is 6.04. The van der Waals surface area contributed by atoms with E-state index in [0.29, 0.717) is 11.2 Å². The molecule has 1 N–H and O–H groups in total. The molecule has 0 fully saturated rings. The van der Waals surface area contributed by atoms with E-state index in [-0.39, 0.29) is 0 Å². The Labute approximate surface area is 108 Å². The van der Waals surface area contributed by atoms with Crippen molar-refractivity contribution in [3.05, 3.63) is 28.8 Å². The molecular weight excluding hydrogens is 240 g/mol. The molecule has 1 aromatic carbocycles. The second kappa shape index (κ2) is 5.51. The lowest BCUT2D eigenvalue weighted by Crippen LogP contribution is -2.36. The van der Waals surface area contributed by atoms with E-state index in [1.165, 1.54) is 0 Å². The standard InChI is InChI=1S/C12H17ClN2S/c1-8(2)15(4)12(16)14-11-7-5-6-10(13)9(11)3/h5-8H,1-4H3,(H,14,16). The number of halogens is 1. The van der Waals surface area contributed by atoms with Crippen molar-refractivity contribution in [1.82, 2.24) is 4.90 Å².